The van der Waals surface area contributed by atoms with Crippen molar-refractivity contribution in [1.82, 2.24) is 19.0 Å². The van der Waals surface area contributed by atoms with Crippen molar-refractivity contribution in [3.05, 3.63) is 47.3 Å². The van der Waals surface area contributed by atoms with Gasteiger partial charge in [0.25, 0.3) is 5.91 Å². The summed E-state index contributed by atoms with van der Waals surface area (Å²) >= 11 is 0. The van der Waals surface area contributed by atoms with Crippen LogP contribution in [0.4, 0.5) is 0 Å². The van der Waals surface area contributed by atoms with Crippen LogP contribution in [0, 0.1) is 18.3 Å². The highest BCUT2D eigenvalue weighted by Crippen LogP contribution is 2.19. The number of carbonyl (C=O) groups excluding carboxylic acids is 1. The average Bonchev–Trinajstić information content (AvgIpc) is 3.00. The molecule has 8 nitrogen and oxygen atoms in total. The monoisotopic (exact) mass is 373 g/mol. The van der Waals surface area contributed by atoms with Crippen molar-refractivity contribution in [1.29, 1.82) is 5.26 Å². The van der Waals surface area contributed by atoms with Crippen LogP contribution in [0.5, 0.6) is 0 Å². The van der Waals surface area contributed by atoms with Gasteiger partial charge in [-0.25, -0.2) is 8.42 Å². The summed E-state index contributed by atoms with van der Waals surface area (Å²) in [6.07, 6.45) is 1.54. The topological polar surface area (TPSA) is 99.3 Å². The summed E-state index contributed by atoms with van der Waals surface area (Å²) in [5.74, 6) is -0.133. The Bertz CT molecular complexity index is 965. The number of benzene rings is 1. The third-order valence-electron chi connectivity index (χ3n) is 4.61. The Morgan fingerprint density at radius 1 is 1.15 bits per heavy atom. The van der Waals surface area contributed by atoms with Gasteiger partial charge in [-0.1, -0.05) is 0 Å². The molecule has 0 spiro atoms. The second kappa shape index (κ2) is 6.90. The lowest BCUT2D eigenvalue weighted by Gasteiger charge is -2.34. The van der Waals surface area contributed by atoms with E-state index < -0.39 is 10.0 Å². The van der Waals surface area contributed by atoms with Gasteiger partial charge in [0.05, 0.1) is 28.3 Å². The molecule has 1 aliphatic heterocycles. The molecule has 0 unspecified atom stereocenters. The summed E-state index contributed by atoms with van der Waals surface area (Å²) in [6.45, 7) is 2.93. The Morgan fingerprint density at radius 3 is 2.27 bits per heavy atom. The molecule has 1 amide bonds. The highest BCUT2D eigenvalue weighted by atomic mass is 32.2. The predicted octanol–water partition coefficient (Wildman–Crippen LogP) is 0.747. The van der Waals surface area contributed by atoms with Gasteiger partial charge in [-0.3, -0.25) is 9.48 Å². The lowest BCUT2D eigenvalue weighted by Crippen LogP contribution is -2.50. The number of carbonyl (C=O) groups is 1. The average molecular weight is 373 g/mol. The zero-order chi connectivity index (χ0) is 18.9. The zero-order valence-corrected chi connectivity index (χ0v) is 15.4. The van der Waals surface area contributed by atoms with Gasteiger partial charge in [0, 0.05) is 38.9 Å². The second-order valence-electron chi connectivity index (χ2n) is 6.10. The number of nitriles is 1. The molecule has 1 aromatic heterocycles. The normalized spacial score (nSPS) is 15.7. The largest absolute Gasteiger partial charge is 0.336 e. The number of piperazine rings is 1. The Hall–Kier alpha value is -2.70. The zero-order valence-electron chi connectivity index (χ0n) is 14.6. The standard InChI is InChI=1S/C17H19N5O3S/c1-13-16(12-19-20(13)2)17(23)21-7-9-22(10-8-21)26(24,25)15-5-3-14(11-18)4-6-15/h3-6,12H,7-10H2,1-2H3. The summed E-state index contributed by atoms with van der Waals surface area (Å²) < 4.78 is 28.4. The number of sulfonamides is 1. The van der Waals surface area contributed by atoms with E-state index in [-0.39, 0.29) is 23.9 Å². The third kappa shape index (κ3) is 3.21. The molecule has 1 saturated heterocycles. The molecule has 2 aromatic rings. The molecular formula is C17H19N5O3S. The molecule has 9 heteroatoms. The maximum atomic E-state index is 12.7. The van der Waals surface area contributed by atoms with Crippen LogP contribution < -0.4 is 0 Å². The number of rotatable bonds is 3. The minimum absolute atomic E-state index is 0.133. The summed E-state index contributed by atoms with van der Waals surface area (Å²) in [6, 6.07) is 7.80. The molecule has 0 N–H and O–H groups in total. The van der Waals surface area contributed by atoms with Crippen molar-refractivity contribution >= 4 is 15.9 Å². The van der Waals surface area contributed by atoms with Crippen molar-refractivity contribution < 1.29 is 13.2 Å². The molecule has 1 aliphatic rings. The molecule has 3 rings (SSSR count). The minimum atomic E-state index is -3.64. The van der Waals surface area contributed by atoms with Gasteiger partial charge in [-0.05, 0) is 31.2 Å². The molecule has 2 heterocycles. The molecule has 0 bridgehead atoms. The van der Waals surface area contributed by atoms with Crippen LogP contribution in [0.15, 0.2) is 35.4 Å². The minimum Gasteiger partial charge on any atom is -0.336 e. The van der Waals surface area contributed by atoms with Gasteiger partial charge < -0.3 is 4.90 Å². The maximum absolute atomic E-state index is 12.7. The quantitative estimate of drug-likeness (QED) is 0.790. The predicted molar refractivity (Wildman–Crippen MR) is 93.8 cm³/mol. The van der Waals surface area contributed by atoms with Crippen molar-refractivity contribution in [3.63, 3.8) is 0 Å². The number of aryl methyl sites for hydroxylation is 1. The van der Waals surface area contributed by atoms with Crippen molar-refractivity contribution in [2.45, 2.75) is 11.8 Å². The van der Waals surface area contributed by atoms with E-state index in [1.807, 2.05) is 13.0 Å². The van der Waals surface area contributed by atoms with Crippen LogP contribution in [0.25, 0.3) is 0 Å². The smallest absolute Gasteiger partial charge is 0.257 e. The van der Waals surface area contributed by atoms with Gasteiger partial charge in [0.1, 0.15) is 0 Å². The second-order valence-corrected chi connectivity index (χ2v) is 8.04. The summed E-state index contributed by atoms with van der Waals surface area (Å²) in [4.78, 5) is 14.4. The van der Waals surface area contributed by atoms with Crippen molar-refractivity contribution in [2.75, 3.05) is 26.2 Å². The first kappa shape index (κ1) is 18.1. The van der Waals surface area contributed by atoms with E-state index in [1.165, 1.54) is 34.8 Å². The fourth-order valence-corrected chi connectivity index (χ4v) is 4.28. The molecule has 0 radical (unpaired) electrons. The maximum Gasteiger partial charge on any atom is 0.257 e. The van der Waals surface area contributed by atoms with Crippen LogP contribution >= 0.6 is 0 Å². The van der Waals surface area contributed by atoms with E-state index in [0.717, 1.165) is 5.69 Å². The SMILES string of the molecule is Cc1c(C(=O)N2CCN(S(=O)(=O)c3ccc(C#N)cc3)CC2)cnn1C. The molecule has 0 aliphatic carbocycles. The molecule has 1 fully saturated rings. The first-order valence-corrected chi connectivity index (χ1v) is 9.57. The van der Waals surface area contributed by atoms with Crippen LogP contribution in [-0.2, 0) is 17.1 Å². The molecular weight excluding hydrogens is 354 g/mol. The highest BCUT2D eigenvalue weighted by molar-refractivity contribution is 7.89. The van der Waals surface area contributed by atoms with E-state index in [4.69, 9.17) is 5.26 Å². The van der Waals surface area contributed by atoms with Crippen LogP contribution in [-0.4, -0.2) is 59.5 Å². The Morgan fingerprint density at radius 2 is 1.77 bits per heavy atom. The van der Waals surface area contributed by atoms with Gasteiger partial charge in [0.2, 0.25) is 10.0 Å². The number of aromatic nitrogens is 2. The van der Waals surface area contributed by atoms with Gasteiger partial charge in [0.15, 0.2) is 0 Å². The van der Waals surface area contributed by atoms with Gasteiger partial charge in [-0.2, -0.15) is 14.7 Å². The number of amides is 1. The molecule has 0 atom stereocenters. The summed E-state index contributed by atoms with van der Waals surface area (Å²) in [5.41, 5.74) is 1.73. The first-order chi connectivity index (χ1) is 12.3. The molecule has 0 saturated carbocycles. The summed E-state index contributed by atoms with van der Waals surface area (Å²) in [7, 11) is -1.86. The Kier molecular flexibility index (Phi) is 4.80. The Balaban J connectivity index is 1.70. The van der Waals surface area contributed by atoms with Crippen LogP contribution in [0.1, 0.15) is 21.6 Å². The van der Waals surface area contributed by atoms with E-state index in [2.05, 4.69) is 5.10 Å². The van der Waals surface area contributed by atoms with Crippen molar-refractivity contribution in [2.24, 2.45) is 7.05 Å². The fourth-order valence-electron chi connectivity index (χ4n) is 2.86. The van der Waals surface area contributed by atoms with E-state index in [0.29, 0.717) is 24.2 Å². The molecule has 1 aromatic carbocycles. The van der Waals surface area contributed by atoms with E-state index >= 15 is 0 Å². The number of nitrogens with zero attached hydrogens (tertiary/aromatic N) is 5. The van der Waals surface area contributed by atoms with E-state index in [9.17, 15) is 13.2 Å². The fraction of sp³-hybridized carbons (Fsp3) is 0.353. The number of hydrogen-bond donors (Lipinski definition) is 0. The first-order valence-electron chi connectivity index (χ1n) is 8.13. The highest BCUT2D eigenvalue weighted by Gasteiger charge is 2.31. The van der Waals surface area contributed by atoms with E-state index in [1.54, 1.807) is 16.6 Å². The molecule has 136 valence electrons. The third-order valence-corrected chi connectivity index (χ3v) is 6.53. The van der Waals surface area contributed by atoms with Crippen LogP contribution in [0.3, 0.4) is 0 Å². The number of hydrogen-bond acceptors (Lipinski definition) is 5. The van der Waals surface area contributed by atoms with Gasteiger partial charge >= 0.3 is 0 Å². The Labute approximate surface area is 152 Å². The lowest BCUT2D eigenvalue weighted by molar-refractivity contribution is 0.0697. The van der Waals surface area contributed by atoms with Gasteiger partial charge in [-0.15, -0.1) is 0 Å². The lowest BCUT2D eigenvalue weighted by atomic mass is 10.2. The summed E-state index contributed by atoms with van der Waals surface area (Å²) in [5, 5.41) is 12.9. The molecule has 26 heavy (non-hydrogen) atoms. The van der Waals surface area contributed by atoms with Crippen LogP contribution in [0.2, 0.25) is 0 Å². The van der Waals surface area contributed by atoms with Crippen molar-refractivity contribution in [3.8, 4) is 6.07 Å².